The lowest BCUT2D eigenvalue weighted by molar-refractivity contribution is -0.140. The van der Waals surface area contributed by atoms with Crippen molar-refractivity contribution in [3.05, 3.63) is 47.7 Å². The summed E-state index contributed by atoms with van der Waals surface area (Å²) in [6, 6.07) is 8.96. The van der Waals surface area contributed by atoms with E-state index < -0.39 is 23.7 Å². The maximum absolute atomic E-state index is 12.2. The van der Waals surface area contributed by atoms with Crippen LogP contribution in [0.2, 0.25) is 0 Å². The van der Waals surface area contributed by atoms with Crippen LogP contribution in [0, 0.1) is 0 Å². The average Bonchev–Trinajstić information content (AvgIpc) is 3.01. The standard InChI is InChI=1S/C18H23N3O5/c1-18(2,3)26-17(23)19-13(10-12-8-6-5-7-9-12)16-21-20-14(25-16)11-15(22)24-4/h5-9,13H,10-11H2,1-4H3,(H,19,23)/t13-/m0/s1. The molecule has 1 atom stereocenters. The Morgan fingerprint density at radius 3 is 2.50 bits per heavy atom. The molecule has 0 unspecified atom stereocenters. The predicted octanol–water partition coefficient (Wildman–Crippen LogP) is 2.59. The molecular formula is C18H23N3O5. The highest BCUT2D eigenvalue weighted by Gasteiger charge is 2.25. The van der Waals surface area contributed by atoms with E-state index in [2.05, 4.69) is 20.3 Å². The zero-order valence-corrected chi connectivity index (χ0v) is 15.3. The molecule has 1 aromatic carbocycles. The zero-order valence-electron chi connectivity index (χ0n) is 15.3. The van der Waals surface area contributed by atoms with Crippen molar-refractivity contribution in [3.8, 4) is 0 Å². The van der Waals surface area contributed by atoms with Crippen molar-refractivity contribution in [1.29, 1.82) is 0 Å². The number of aromatic nitrogens is 2. The third-order valence-electron chi connectivity index (χ3n) is 3.28. The predicted molar refractivity (Wildman–Crippen MR) is 92.3 cm³/mol. The molecule has 1 heterocycles. The number of methoxy groups -OCH3 is 1. The molecule has 8 heteroatoms. The molecule has 0 aliphatic rings. The van der Waals surface area contributed by atoms with Crippen LogP contribution in [0.4, 0.5) is 4.79 Å². The van der Waals surface area contributed by atoms with Gasteiger partial charge in [-0.25, -0.2) is 4.79 Å². The Hall–Kier alpha value is -2.90. The first-order valence-electron chi connectivity index (χ1n) is 8.19. The molecular weight excluding hydrogens is 338 g/mol. The first-order chi connectivity index (χ1) is 12.3. The van der Waals surface area contributed by atoms with Gasteiger partial charge in [0.25, 0.3) is 0 Å². The Morgan fingerprint density at radius 1 is 1.19 bits per heavy atom. The minimum atomic E-state index is -0.633. The van der Waals surface area contributed by atoms with E-state index in [-0.39, 0.29) is 18.2 Å². The van der Waals surface area contributed by atoms with Gasteiger partial charge in [0, 0.05) is 6.42 Å². The lowest BCUT2D eigenvalue weighted by Crippen LogP contribution is -2.36. The van der Waals surface area contributed by atoms with Crippen molar-refractivity contribution in [2.45, 2.75) is 45.3 Å². The molecule has 2 aromatic rings. The second kappa shape index (κ2) is 8.46. The SMILES string of the molecule is COC(=O)Cc1nnc([C@H](Cc2ccccc2)NC(=O)OC(C)(C)C)o1. The van der Waals surface area contributed by atoms with Crippen LogP contribution in [0.15, 0.2) is 34.7 Å². The van der Waals surface area contributed by atoms with Crippen molar-refractivity contribution < 1.29 is 23.5 Å². The van der Waals surface area contributed by atoms with Crippen LogP contribution in [-0.2, 0) is 27.1 Å². The fourth-order valence-electron chi connectivity index (χ4n) is 2.17. The average molecular weight is 361 g/mol. The summed E-state index contributed by atoms with van der Waals surface area (Å²) in [6.45, 7) is 5.33. The minimum Gasteiger partial charge on any atom is -0.469 e. The van der Waals surface area contributed by atoms with Crippen molar-refractivity contribution in [2.75, 3.05) is 7.11 Å². The molecule has 1 N–H and O–H groups in total. The number of alkyl carbamates (subject to hydrolysis) is 1. The number of carbonyl (C=O) groups excluding carboxylic acids is 2. The van der Waals surface area contributed by atoms with Crippen molar-refractivity contribution in [1.82, 2.24) is 15.5 Å². The second-order valence-corrected chi connectivity index (χ2v) is 6.68. The van der Waals surface area contributed by atoms with Crippen molar-refractivity contribution in [2.24, 2.45) is 0 Å². The number of nitrogens with zero attached hydrogens (tertiary/aromatic N) is 2. The van der Waals surface area contributed by atoms with Gasteiger partial charge < -0.3 is 19.2 Å². The van der Waals surface area contributed by atoms with E-state index in [9.17, 15) is 9.59 Å². The van der Waals surface area contributed by atoms with Crippen LogP contribution < -0.4 is 5.32 Å². The van der Waals surface area contributed by atoms with Gasteiger partial charge in [0.2, 0.25) is 11.8 Å². The highest BCUT2D eigenvalue weighted by molar-refractivity contribution is 5.71. The third-order valence-corrected chi connectivity index (χ3v) is 3.28. The Kier molecular flexibility index (Phi) is 6.32. The van der Waals surface area contributed by atoms with Gasteiger partial charge in [-0.15, -0.1) is 10.2 Å². The summed E-state index contributed by atoms with van der Waals surface area (Å²) in [6.07, 6.45) is -0.292. The van der Waals surface area contributed by atoms with Gasteiger partial charge >= 0.3 is 12.1 Å². The van der Waals surface area contributed by atoms with Gasteiger partial charge in [-0.3, -0.25) is 4.79 Å². The van der Waals surface area contributed by atoms with E-state index in [0.717, 1.165) is 5.56 Å². The first kappa shape index (κ1) is 19.4. The number of carbonyl (C=O) groups is 2. The van der Waals surface area contributed by atoms with Gasteiger partial charge in [0.1, 0.15) is 18.1 Å². The zero-order chi connectivity index (χ0) is 19.2. The number of ether oxygens (including phenoxy) is 2. The summed E-state index contributed by atoms with van der Waals surface area (Å²) >= 11 is 0. The van der Waals surface area contributed by atoms with E-state index in [1.807, 2.05) is 30.3 Å². The van der Waals surface area contributed by atoms with Gasteiger partial charge in [-0.1, -0.05) is 30.3 Å². The maximum atomic E-state index is 12.2. The van der Waals surface area contributed by atoms with E-state index in [4.69, 9.17) is 9.15 Å². The maximum Gasteiger partial charge on any atom is 0.408 e. The van der Waals surface area contributed by atoms with Crippen LogP contribution in [0.3, 0.4) is 0 Å². The number of benzene rings is 1. The summed E-state index contributed by atoms with van der Waals surface area (Å²) in [7, 11) is 1.28. The van der Waals surface area contributed by atoms with E-state index >= 15 is 0 Å². The number of hydrogen-bond donors (Lipinski definition) is 1. The number of amides is 1. The molecule has 0 aliphatic heterocycles. The lowest BCUT2D eigenvalue weighted by atomic mass is 10.1. The fourth-order valence-corrected chi connectivity index (χ4v) is 2.17. The van der Waals surface area contributed by atoms with Crippen LogP contribution >= 0.6 is 0 Å². The van der Waals surface area contributed by atoms with E-state index in [1.54, 1.807) is 20.8 Å². The number of hydrogen-bond acceptors (Lipinski definition) is 7. The van der Waals surface area contributed by atoms with Crippen LogP contribution in [0.5, 0.6) is 0 Å². The van der Waals surface area contributed by atoms with E-state index in [0.29, 0.717) is 6.42 Å². The Morgan fingerprint density at radius 2 is 1.88 bits per heavy atom. The molecule has 8 nitrogen and oxygen atoms in total. The molecule has 0 spiro atoms. The Bertz CT molecular complexity index is 737. The summed E-state index contributed by atoms with van der Waals surface area (Å²) in [5, 5.41) is 10.5. The number of esters is 1. The summed E-state index contributed by atoms with van der Waals surface area (Å²) in [5.41, 5.74) is 0.341. The topological polar surface area (TPSA) is 104 Å². The Balaban J connectivity index is 2.17. The van der Waals surface area contributed by atoms with Gasteiger partial charge in [-0.2, -0.15) is 0 Å². The summed E-state index contributed by atoms with van der Waals surface area (Å²) in [4.78, 5) is 23.5. The molecule has 0 bridgehead atoms. The number of rotatable bonds is 6. The molecule has 1 aromatic heterocycles. The van der Waals surface area contributed by atoms with Gasteiger partial charge in [0.15, 0.2) is 0 Å². The lowest BCUT2D eigenvalue weighted by Gasteiger charge is -2.22. The molecule has 26 heavy (non-hydrogen) atoms. The van der Waals surface area contributed by atoms with Gasteiger partial charge in [-0.05, 0) is 26.3 Å². The van der Waals surface area contributed by atoms with E-state index in [1.165, 1.54) is 7.11 Å². The smallest absolute Gasteiger partial charge is 0.408 e. The largest absolute Gasteiger partial charge is 0.469 e. The Labute approximate surface area is 151 Å². The molecule has 0 fully saturated rings. The van der Waals surface area contributed by atoms with Crippen LogP contribution in [-0.4, -0.2) is 35.0 Å². The van der Waals surface area contributed by atoms with Crippen molar-refractivity contribution in [3.63, 3.8) is 0 Å². The monoisotopic (exact) mass is 361 g/mol. The van der Waals surface area contributed by atoms with Crippen LogP contribution in [0.1, 0.15) is 44.2 Å². The first-order valence-corrected chi connectivity index (χ1v) is 8.19. The highest BCUT2D eigenvalue weighted by atomic mass is 16.6. The van der Waals surface area contributed by atoms with Gasteiger partial charge in [0.05, 0.1) is 7.11 Å². The molecule has 0 radical (unpaired) electrons. The quantitative estimate of drug-likeness (QED) is 0.789. The highest BCUT2D eigenvalue weighted by Crippen LogP contribution is 2.19. The normalized spacial score (nSPS) is 12.3. The number of nitrogens with one attached hydrogen (secondary N) is 1. The molecule has 0 saturated carbocycles. The molecule has 2 rings (SSSR count). The second-order valence-electron chi connectivity index (χ2n) is 6.68. The molecule has 1 amide bonds. The fraction of sp³-hybridized carbons (Fsp3) is 0.444. The molecule has 0 aliphatic carbocycles. The minimum absolute atomic E-state index is 0.121. The molecule has 0 saturated heterocycles. The molecule has 140 valence electrons. The third kappa shape index (κ3) is 6.19. The summed E-state index contributed by atoms with van der Waals surface area (Å²) in [5.74, 6) is -0.172. The van der Waals surface area contributed by atoms with Crippen molar-refractivity contribution >= 4 is 12.1 Å². The summed E-state index contributed by atoms with van der Waals surface area (Å²) < 4.78 is 15.4. The van der Waals surface area contributed by atoms with Crippen LogP contribution in [0.25, 0.3) is 0 Å².